The Morgan fingerprint density at radius 2 is 1.90 bits per heavy atom. The fourth-order valence-corrected chi connectivity index (χ4v) is 4.54. The van der Waals surface area contributed by atoms with Crippen molar-refractivity contribution in [1.29, 1.82) is 0 Å². The van der Waals surface area contributed by atoms with Crippen molar-refractivity contribution in [3.8, 4) is 0 Å². The van der Waals surface area contributed by atoms with Crippen molar-refractivity contribution in [2.75, 3.05) is 10.8 Å². The predicted octanol–water partition coefficient (Wildman–Crippen LogP) is 4.25. The molecule has 1 heterocycles. The van der Waals surface area contributed by atoms with Crippen LogP contribution in [-0.4, -0.2) is 15.0 Å². The van der Waals surface area contributed by atoms with E-state index in [-0.39, 0.29) is 6.54 Å². The maximum atomic E-state index is 12.7. The molecular weight excluding hydrogens is 302 g/mol. The highest BCUT2D eigenvalue weighted by Gasteiger charge is 2.24. The Kier molecular flexibility index (Phi) is 4.85. The van der Waals surface area contributed by atoms with Crippen molar-refractivity contribution in [2.45, 2.75) is 24.0 Å². The van der Waals surface area contributed by atoms with Gasteiger partial charge in [-0.3, -0.25) is 4.31 Å². The van der Waals surface area contributed by atoms with Crippen LogP contribution in [0.4, 0.5) is 5.69 Å². The molecule has 0 aliphatic rings. The summed E-state index contributed by atoms with van der Waals surface area (Å²) in [5.41, 5.74) is 1.85. The molecule has 0 amide bonds. The van der Waals surface area contributed by atoms with Crippen LogP contribution in [-0.2, 0) is 10.0 Å². The zero-order valence-corrected chi connectivity index (χ0v) is 13.8. The lowest BCUT2D eigenvalue weighted by Gasteiger charge is -2.22. The molecule has 112 valence electrons. The van der Waals surface area contributed by atoms with E-state index in [1.165, 1.54) is 21.2 Å². The second kappa shape index (κ2) is 6.45. The highest BCUT2D eigenvalue weighted by atomic mass is 32.2. The molecule has 0 radical (unpaired) electrons. The maximum absolute atomic E-state index is 12.7. The van der Waals surface area contributed by atoms with Gasteiger partial charge >= 0.3 is 0 Å². The van der Waals surface area contributed by atoms with Gasteiger partial charge in [-0.1, -0.05) is 38.1 Å². The molecule has 0 atom stereocenters. The van der Waals surface area contributed by atoms with Crippen LogP contribution in [0.1, 0.15) is 25.3 Å². The van der Waals surface area contributed by atoms with Crippen molar-refractivity contribution < 1.29 is 8.42 Å². The topological polar surface area (TPSA) is 37.4 Å². The zero-order valence-electron chi connectivity index (χ0n) is 12.2. The Morgan fingerprint density at radius 1 is 1.24 bits per heavy atom. The molecule has 21 heavy (non-hydrogen) atoms. The first-order chi connectivity index (χ1) is 9.96. The molecule has 0 saturated heterocycles. The summed E-state index contributed by atoms with van der Waals surface area (Å²) in [5, 5.41) is 1.76. The Labute approximate surface area is 130 Å². The smallest absolute Gasteiger partial charge is 0.262 e. The van der Waals surface area contributed by atoms with Crippen LogP contribution in [0.3, 0.4) is 0 Å². The minimum Gasteiger partial charge on any atom is -0.262 e. The number of benzene rings is 1. The van der Waals surface area contributed by atoms with Crippen LogP contribution in [0.5, 0.6) is 0 Å². The minimum absolute atomic E-state index is 0.251. The third-order valence-electron chi connectivity index (χ3n) is 3.18. The van der Waals surface area contributed by atoms with Gasteiger partial charge in [-0.05, 0) is 35.1 Å². The van der Waals surface area contributed by atoms with Gasteiger partial charge in [0.25, 0.3) is 10.0 Å². The lowest BCUT2D eigenvalue weighted by atomic mass is 10.0. The summed E-state index contributed by atoms with van der Waals surface area (Å²) >= 11 is 1.22. The van der Waals surface area contributed by atoms with Crippen molar-refractivity contribution in [2.24, 2.45) is 0 Å². The van der Waals surface area contributed by atoms with Crippen molar-refractivity contribution >= 4 is 27.0 Å². The molecule has 0 spiro atoms. The molecule has 2 aromatic rings. The molecule has 0 saturated carbocycles. The van der Waals surface area contributed by atoms with Crippen LogP contribution < -0.4 is 4.31 Å². The number of nitrogens with zero attached hydrogens (tertiary/aromatic N) is 1. The van der Waals surface area contributed by atoms with E-state index in [4.69, 9.17) is 0 Å². The molecule has 0 N–H and O–H groups in total. The molecule has 0 aliphatic heterocycles. The minimum atomic E-state index is -3.53. The summed E-state index contributed by atoms with van der Waals surface area (Å²) in [4.78, 5) is 0. The molecule has 0 fully saturated rings. The number of thiophene rings is 1. The molecule has 1 aromatic heterocycles. The van der Waals surface area contributed by atoms with Crippen molar-refractivity contribution in [3.63, 3.8) is 0 Å². The molecule has 5 heteroatoms. The Hall–Kier alpha value is -1.59. The molecule has 2 rings (SSSR count). The highest BCUT2D eigenvalue weighted by molar-refractivity contribution is 7.94. The molecule has 3 nitrogen and oxygen atoms in total. The Bertz CT molecular complexity index is 686. The number of rotatable bonds is 6. The van der Waals surface area contributed by atoms with Gasteiger partial charge in [-0.2, -0.15) is 0 Å². The van der Waals surface area contributed by atoms with Crippen LogP contribution in [0.25, 0.3) is 0 Å². The van der Waals surface area contributed by atoms with Gasteiger partial charge in [0.15, 0.2) is 0 Å². The third-order valence-corrected chi connectivity index (χ3v) is 6.35. The molecule has 1 aromatic carbocycles. The molecule has 0 unspecified atom stereocenters. The van der Waals surface area contributed by atoms with Crippen LogP contribution >= 0.6 is 11.3 Å². The van der Waals surface area contributed by atoms with Gasteiger partial charge in [-0.15, -0.1) is 17.9 Å². The van der Waals surface area contributed by atoms with Gasteiger partial charge in [-0.25, -0.2) is 8.42 Å². The van der Waals surface area contributed by atoms with Gasteiger partial charge in [0, 0.05) is 0 Å². The lowest BCUT2D eigenvalue weighted by Crippen LogP contribution is -2.30. The number of hydrogen-bond acceptors (Lipinski definition) is 3. The number of anilines is 1. The fourth-order valence-electron chi connectivity index (χ4n) is 2.00. The van der Waals surface area contributed by atoms with E-state index < -0.39 is 10.0 Å². The maximum Gasteiger partial charge on any atom is 0.274 e. The van der Waals surface area contributed by atoms with Crippen LogP contribution in [0, 0.1) is 0 Å². The van der Waals surface area contributed by atoms with Gasteiger partial charge in [0.05, 0.1) is 12.2 Å². The van der Waals surface area contributed by atoms with E-state index in [0.717, 1.165) is 0 Å². The highest BCUT2D eigenvalue weighted by Crippen LogP contribution is 2.27. The third kappa shape index (κ3) is 3.36. The summed E-state index contributed by atoms with van der Waals surface area (Å²) in [5.74, 6) is 0.417. The monoisotopic (exact) mass is 321 g/mol. The SMILES string of the molecule is C=CCN(c1ccc(C(C)C)cc1)S(=O)(=O)c1cccs1. The van der Waals surface area contributed by atoms with Gasteiger partial charge < -0.3 is 0 Å². The van der Waals surface area contributed by atoms with Crippen LogP contribution in [0.15, 0.2) is 58.6 Å². The first kappa shape index (κ1) is 15.8. The van der Waals surface area contributed by atoms with Crippen molar-refractivity contribution in [3.05, 3.63) is 60.0 Å². The van der Waals surface area contributed by atoms with Gasteiger partial charge in [0.2, 0.25) is 0 Å². The second-order valence-electron chi connectivity index (χ2n) is 5.00. The quantitative estimate of drug-likeness (QED) is 0.746. The average Bonchev–Trinajstić information content (AvgIpc) is 2.99. The van der Waals surface area contributed by atoms with E-state index >= 15 is 0 Å². The van der Waals surface area contributed by atoms with E-state index in [1.54, 1.807) is 23.6 Å². The van der Waals surface area contributed by atoms with Crippen molar-refractivity contribution in [1.82, 2.24) is 0 Å². The van der Waals surface area contributed by atoms with E-state index in [9.17, 15) is 8.42 Å². The summed E-state index contributed by atoms with van der Waals surface area (Å²) in [6.07, 6.45) is 1.60. The Morgan fingerprint density at radius 3 is 2.38 bits per heavy atom. The summed E-state index contributed by atoms with van der Waals surface area (Å²) in [6.45, 7) is 8.14. The standard InChI is InChI=1S/C16H19NO2S2/c1-4-11-17(21(18,19)16-6-5-12-20-16)15-9-7-14(8-10-15)13(2)3/h4-10,12-13H,1,11H2,2-3H3. The van der Waals surface area contributed by atoms with Crippen LogP contribution in [0.2, 0.25) is 0 Å². The summed E-state index contributed by atoms with van der Waals surface area (Å²) in [6, 6.07) is 11.0. The molecular formula is C16H19NO2S2. The second-order valence-corrected chi connectivity index (χ2v) is 8.04. The predicted molar refractivity (Wildman–Crippen MR) is 89.6 cm³/mol. The van der Waals surface area contributed by atoms with E-state index in [2.05, 4.69) is 20.4 Å². The molecule has 0 aliphatic carbocycles. The number of sulfonamides is 1. The summed E-state index contributed by atoms with van der Waals surface area (Å²) < 4.78 is 27.1. The molecule has 0 bridgehead atoms. The fraction of sp³-hybridized carbons (Fsp3) is 0.250. The average molecular weight is 321 g/mol. The van der Waals surface area contributed by atoms with E-state index in [1.807, 2.05) is 24.3 Å². The lowest BCUT2D eigenvalue weighted by molar-refractivity contribution is 0.595. The Balaban J connectivity index is 2.42. The normalized spacial score (nSPS) is 11.6. The largest absolute Gasteiger partial charge is 0.274 e. The van der Waals surface area contributed by atoms with E-state index in [0.29, 0.717) is 15.8 Å². The van der Waals surface area contributed by atoms with Gasteiger partial charge in [0.1, 0.15) is 4.21 Å². The first-order valence-electron chi connectivity index (χ1n) is 6.74. The number of hydrogen-bond donors (Lipinski definition) is 0. The first-order valence-corrected chi connectivity index (χ1v) is 9.06. The zero-order chi connectivity index (χ0) is 15.5. The summed E-state index contributed by atoms with van der Waals surface area (Å²) in [7, 11) is -3.53.